The maximum Gasteiger partial charge on any atom is 0.225 e. The molecule has 0 atom stereocenters. The number of nitrogens with one attached hydrogen (secondary N) is 1. The molecule has 1 N–H and O–H groups in total. The highest BCUT2D eigenvalue weighted by Gasteiger charge is 2.18. The van der Waals surface area contributed by atoms with Gasteiger partial charge in [0.15, 0.2) is 0 Å². The number of fused-ring (bicyclic) bond motifs is 3. The summed E-state index contributed by atoms with van der Waals surface area (Å²) in [5.74, 6) is 0.861. The number of hydrogen-bond acceptors (Lipinski definition) is 4. The number of unbranched alkanes of at least 4 members (excludes halogenated alkanes) is 1. The van der Waals surface area contributed by atoms with Crippen LogP contribution >= 0.6 is 0 Å². The van der Waals surface area contributed by atoms with Crippen LogP contribution in [0.1, 0.15) is 18.4 Å². The third kappa shape index (κ3) is 3.96. The van der Waals surface area contributed by atoms with Crippen molar-refractivity contribution in [1.29, 1.82) is 0 Å². The minimum Gasteiger partial charge on any atom is -0.355 e. The van der Waals surface area contributed by atoms with E-state index in [0.29, 0.717) is 0 Å². The van der Waals surface area contributed by atoms with E-state index in [1.807, 2.05) is 18.5 Å². The van der Waals surface area contributed by atoms with Crippen molar-refractivity contribution in [3.63, 3.8) is 0 Å². The standard InChI is InChI=1S/C24H27N5/c1-2-8-22-20(7-1)21-10-9-19(18-23(21)27-22)6-3-4-13-28-14-16-29(17-15-28)24-25-11-5-12-26-24/h1-2,5,7-12,18,27H,3-4,6,13-17H2. The van der Waals surface area contributed by atoms with Gasteiger partial charge in [0.1, 0.15) is 0 Å². The Morgan fingerprint density at radius 2 is 1.59 bits per heavy atom. The Balaban J connectivity index is 1.10. The fraction of sp³-hybridized carbons (Fsp3) is 0.333. The lowest BCUT2D eigenvalue weighted by Gasteiger charge is -2.34. The van der Waals surface area contributed by atoms with Crippen LogP contribution in [-0.4, -0.2) is 52.6 Å². The van der Waals surface area contributed by atoms with E-state index in [2.05, 4.69) is 67.2 Å². The molecule has 1 aliphatic heterocycles. The van der Waals surface area contributed by atoms with Crippen LogP contribution in [0.3, 0.4) is 0 Å². The third-order valence-electron chi connectivity index (χ3n) is 5.97. The van der Waals surface area contributed by atoms with Gasteiger partial charge < -0.3 is 9.88 Å². The molecule has 3 heterocycles. The third-order valence-corrected chi connectivity index (χ3v) is 5.97. The van der Waals surface area contributed by atoms with Crippen molar-refractivity contribution in [2.24, 2.45) is 0 Å². The topological polar surface area (TPSA) is 48.1 Å². The molecule has 1 saturated heterocycles. The first kappa shape index (κ1) is 18.1. The van der Waals surface area contributed by atoms with Gasteiger partial charge in [-0.3, -0.25) is 4.90 Å². The van der Waals surface area contributed by atoms with Gasteiger partial charge in [-0.05, 0) is 49.6 Å². The van der Waals surface area contributed by atoms with E-state index in [0.717, 1.165) is 38.5 Å². The van der Waals surface area contributed by atoms with E-state index < -0.39 is 0 Å². The molecule has 1 aliphatic rings. The zero-order valence-corrected chi connectivity index (χ0v) is 16.7. The molecule has 0 saturated carbocycles. The van der Waals surface area contributed by atoms with Crippen molar-refractivity contribution in [3.05, 3.63) is 66.5 Å². The maximum absolute atomic E-state index is 4.37. The molecule has 148 valence electrons. The molecule has 0 aliphatic carbocycles. The Morgan fingerprint density at radius 1 is 0.793 bits per heavy atom. The van der Waals surface area contributed by atoms with Crippen LogP contribution in [-0.2, 0) is 6.42 Å². The highest BCUT2D eigenvalue weighted by atomic mass is 15.3. The van der Waals surface area contributed by atoms with Crippen molar-refractivity contribution in [1.82, 2.24) is 19.9 Å². The number of benzene rings is 2. The van der Waals surface area contributed by atoms with Crippen LogP contribution < -0.4 is 4.90 Å². The van der Waals surface area contributed by atoms with Crippen LogP contribution in [0.4, 0.5) is 5.95 Å². The van der Waals surface area contributed by atoms with Gasteiger partial charge in [0.2, 0.25) is 5.95 Å². The molecule has 0 unspecified atom stereocenters. The molecule has 0 amide bonds. The van der Waals surface area contributed by atoms with Gasteiger partial charge in [0.05, 0.1) is 0 Å². The van der Waals surface area contributed by atoms with Gasteiger partial charge in [-0.1, -0.05) is 30.3 Å². The van der Waals surface area contributed by atoms with E-state index in [9.17, 15) is 0 Å². The van der Waals surface area contributed by atoms with Crippen LogP contribution in [0.25, 0.3) is 21.8 Å². The largest absolute Gasteiger partial charge is 0.355 e. The lowest BCUT2D eigenvalue weighted by Crippen LogP contribution is -2.47. The van der Waals surface area contributed by atoms with E-state index in [-0.39, 0.29) is 0 Å². The predicted molar refractivity (Wildman–Crippen MR) is 119 cm³/mol. The monoisotopic (exact) mass is 385 g/mol. The Hall–Kier alpha value is -2.92. The number of piperazine rings is 1. The number of hydrogen-bond donors (Lipinski definition) is 1. The van der Waals surface area contributed by atoms with Crippen LogP contribution in [0.5, 0.6) is 0 Å². The van der Waals surface area contributed by atoms with Gasteiger partial charge in [-0.15, -0.1) is 0 Å². The lowest BCUT2D eigenvalue weighted by molar-refractivity contribution is 0.252. The lowest BCUT2D eigenvalue weighted by atomic mass is 10.1. The van der Waals surface area contributed by atoms with E-state index in [4.69, 9.17) is 0 Å². The summed E-state index contributed by atoms with van der Waals surface area (Å²) in [6.45, 7) is 5.40. The summed E-state index contributed by atoms with van der Waals surface area (Å²) in [7, 11) is 0. The van der Waals surface area contributed by atoms with Crippen LogP contribution in [0.2, 0.25) is 0 Å². The fourth-order valence-electron chi connectivity index (χ4n) is 4.35. The molecular formula is C24H27N5. The molecule has 29 heavy (non-hydrogen) atoms. The average Bonchev–Trinajstić information content (AvgIpc) is 3.15. The second-order valence-corrected chi connectivity index (χ2v) is 7.89. The Morgan fingerprint density at radius 3 is 2.45 bits per heavy atom. The Bertz CT molecular complexity index is 1080. The molecule has 1 fully saturated rings. The summed E-state index contributed by atoms with van der Waals surface area (Å²) in [6.07, 6.45) is 7.26. The van der Waals surface area contributed by atoms with Crippen molar-refractivity contribution < 1.29 is 0 Å². The zero-order valence-electron chi connectivity index (χ0n) is 16.7. The Kier molecular flexibility index (Phi) is 5.13. The molecule has 0 bridgehead atoms. The number of aromatic nitrogens is 3. The smallest absolute Gasteiger partial charge is 0.225 e. The number of rotatable bonds is 6. The van der Waals surface area contributed by atoms with Gasteiger partial charge in [0.25, 0.3) is 0 Å². The minimum absolute atomic E-state index is 0.861. The summed E-state index contributed by atoms with van der Waals surface area (Å²) in [4.78, 5) is 17.1. The molecule has 5 nitrogen and oxygen atoms in total. The Labute approximate surface area is 171 Å². The molecule has 5 rings (SSSR count). The normalized spacial score (nSPS) is 15.4. The highest BCUT2D eigenvalue weighted by molar-refractivity contribution is 6.07. The van der Waals surface area contributed by atoms with E-state index in [1.165, 1.54) is 46.8 Å². The molecule has 5 heteroatoms. The first-order chi connectivity index (χ1) is 14.4. The summed E-state index contributed by atoms with van der Waals surface area (Å²) in [6, 6.07) is 17.3. The number of para-hydroxylation sites is 1. The number of H-pyrrole nitrogens is 1. The fourth-order valence-corrected chi connectivity index (χ4v) is 4.35. The van der Waals surface area contributed by atoms with Gasteiger partial charge >= 0.3 is 0 Å². The summed E-state index contributed by atoms with van der Waals surface area (Å²) < 4.78 is 0. The molecule has 2 aromatic carbocycles. The number of anilines is 1. The second kappa shape index (κ2) is 8.21. The minimum atomic E-state index is 0.861. The van der Waals surface area contributed by atoms with Gasteiger partial charge in [-0.25, -0.2) is 9.97 Å². The first-order valence-electron chi connectivity index (χ1n) is 10.6. The molecule has 0 spiro atoms. The van der Waals surface area contributed by atoms with E-state index in [1.54, 1.807) is 0 Å². The molecule has 4 aromatic rings. The van der Waals surface area contributed by atoms with E-state index >= 15 is 0 Å². The summed E-state index contributed by atoms with van der Waals surface area (Å²) in [5.41, 5.74) is 3.90. The summed E-state index contributed by atoms with van der Waals surface area (Å²) >= 11 is 0. The predicted octanol–water partition coefficient (Wildman–Crippen LogP) is 4.26. The molecule has 0 radical (unpaired) electrons. The van der Waals surface area contributed by atoms with Crippen molar-refractivity contribution in [3.8, 4) is 0 Å². The SMILES string of the molecule is c1cnc(N2CCN(CCCCc3ccc4c(c3)[nH]c3ccccc34)CC2)nc1. The maximum atomic E-state index is 4.37. The van der Waals surface area contributed by atoms with Gasteiger partial charge in [-0.2, -0.15) is 0 Å². The zero-order chi connectivity index (χ0) is 19.5. The first-order valence-corrected chi connectivity index (χ1v) is 10.6. The van der Waals surface area contributed by atoms with Crippen molar-refractivity contribution in [2.45, 2.75) is 19.3 Å². The second-order valence-electron chi connectivity index (χ2n) is 7.89. The molecule has 2 aromatic heterocycles. The summed E-state index contributed by atoms with van der Waals surface area (Å²) in [5, 5.41) is 2.64. The highest BCUT2D eigenvalue weighted by Crippen LogP contribution is 2.26. The quantitative estimate of drug-likeness (QED) is 0.504. The number of aromatic amines is 1. The average molecular weight is 386 g/mol. The van der Waals surface area contributed by atoms with Crippen molar-refractivity contribution >= 4 is 27.8 Å². The van der Waals surface area contributed by atoms with Crippen LogP contribution in [0, 0.1) is 0 Å². The molecular weight excluding hydrogens is 358 g/mol. The van der Waals surface area contributed by atoms with Gasteiger partial charge in [0, 0.05) is 60.4 Å². The van der Waals surface area contributed by atoms with Crippen LogP contribution in [0.15, 0.2) is 60.9 Å². The number of aryl methyl sites for hydroxylation is 1. The van der Waals surface area contributed by atoms with Crippen molar-refractivity contribution in [2.75, 3.05) is 37.6 Å². The number of nitrogens with zero attached hydrogens (tertiary/aromatic N) is 4.